The number of aliphatic imine (C=N–C) groups is 2. The van der Waals surface area contributed by atoms with Gasteiger partial charge in [0.2, 0.25) is 0 Å². The van der Waals surface area contributed by atoms with E-state index in [0.717, 1.165) is 22.6 Å². The topological polar surface area (TPSA) is 24.7 Å². The molecule has 0 bridgehead atoms. The molecule has 0 aromatic heterocycles. The highest BCUT2D eigenvalue weighted by Crippen LogP contribution is 2.23. The highest BCUT2D eigenvalue weighted by molar-refractivity contribution is 6.53. The van der Waals surface area contributed by atoms with Crippen LogP contribution in [0.3, 0.4) is 0 Å². The van der Waals surface area contributed by atoms with Crippen molar-refractivity contribution in [2.24, 2.45) is 9.98 Å². The molecule has 4 aromatic rings. The van der Waals surface area contributed by atoms with Crippen molar-refractivity contribution >= 4 is 11.4 Å². The second-order valence-electron chi connectivity index (χ2n) is 7.86. The lowest BCUT2D eigenvalue weighted by Crippen LogP contribution is -2.19. The van der Waals surface area contributed by atoms with Crippen molar-refractivity contribution in [3.63, 3.8) is 0 Å². The van der Waals surface area contributed by atoms with Crippen LogP contribution in [-0.4, -0.2) is 11.4 Å². The van der Waals surface area contributed by atoms with Gasteiger partial charge in [0.05, 0.1) is 23.5 Å². The van der Waals surface area contributed by atoms with E-state index in [2.05, 4.69) is 111 Å². The van der Waals surface area contributed by atoms with Crippen LogP contribution in [0.5, 0.6) is 0 Å². The van der Waals surface area contributed by atoms with Crippen molar-refractivity contribution in [3.05, 3.63) is 144 Å². The second-order valence-corrected chi connectivity index (χ2v) is 7.86. The molecule has 2 heteroatoms. The van der Waals surface area contributed by atoms with Gasteiger partial charge in [-0.05, 0) is 25.0 Å². The van der Waals surface area contributed by atoms with E-state index in [0.29, 0.717) is 0 Å². The predicted molar refractivity (Wildman–Crippen MR) is 136 cm³/mol. The average molecular weight is 417 g/mol. The minimum atomic E-state index is 0.00681. The maximum atomic E-state index is 5.23. The molecule has 0 saturated carbocycles. The standard InChI is InChI=1S/C30H28N2/c1-23(25-15-7-3-8-16-25)31-29(27-19-11-5-12-20-27)30(28-21-13-6-14-22-28)32-24(2)26-17-9-4-10-18-26/h3-24H,1-2H3/t23-,24-/m0/s1. The summed E-state index contributed by atoms with van der Waals surface area (Å²) >= 11 is 0. The van der Waals surface area contributed by atoms with Crippen LogP contribution in [0, 0.1) is 0 Å². The van der Waals surface area contributed by atoms with Crippen LogP contribution in [0.25, 0.3) is 0 Å². The van der Waals surface area contributed by atoms with Crippen molar-refractivity contribution in [1.29, 1.82) is 0 Å². The Bertz CT molecular complexity index is 1070. The third kappa shape index (κ3) is 5.28. The zero-order valence-electron chi connectivity index (χ0n) is 18.6. The van der Waals surface area contributed by atoms with E-state index >= 15 is 0 Å². The minimum absolute atomic E-state index is 0.00681. The highest BCUT2D eigenvalue weighted by Gasteiger charge is 2.18. The SMILES string of the molecule is C[C@H](N=C(C(=N[C@@H](C)c1ccccc1)c1ccccc1)c1ccccc1)c1ccccc1. The van der Waals surface area contributed by atoms with Crippen LogP contribution in [0.15, 0.2) is 131 Å². The van der Waals surface area contributed by atoms with Gasteiger partial charge >= 0.3 is 0 Å². The first-order valence-electron chi connectivity index (χ1n) is 11.1. The average Bonchev–Trinajstić information content (AvgIpc) is 2.88. The number of hydrogen-bond acceptors (Lipinski definition) is 2. The van der Waals surface area contributed by atoms with Crippen LogP contribution in [-0.2, 0) is 0 Å². The van der Waals surface area contributed by atoms with Crippen molar-refractivity contribution in [2.45, 2.75) is 25.9 Å². The highest BCUT2D eigenvalue weighted by atomic mass is 14.9. The zero-order valence-corrected chi connectivity index (χ0v) is 18.6. The fraction of sp³-hybridized carbons (Fsp3) is 0.133. The summed E-state index contributed by atoms with van der Waals surface area (Å²) < 4.78 is 0. The van der Waals surface area contributed by atoms with Gasteiger partial charge in [-0.25, -0.2) is 0 Å². The lowest BCUT2D eigenvalue weighted by molar-refractivity contribution is 0.814. The van der Waals surface area contributed by atoms with Gasteiger partial charge in [0.15, 0.2) is 0 Å². The normalized spacial score (nSPS) is 14.1. The molecule has 0 saturated heterocycles. The van der Waals surface area contributed by atoms with Crippen molar-refractivity contribution < 1.29 is 0 Å². The molecular formula is C30H28N2. The van der Waals surface area contributed by atoms with Gasteiger partial charge < -0.3 is 0 Å². The van der Waals surface area contributed by atoms with Crippen LogP contribution < -0.4 is 0 Å². The van der Waals surface area contributed by atoms with E-state index in [4.69, 9.17) is 9.98 Å². The van der Waals surface area contributed by atoms with Crippen LogP contribution in [0.2, 0.25) is 0 Å². The van der Waals surface area contributed by atoms with Crippen molar-refractivity contribution in [2.75, 3.05) is 0 Å². The smallest absolute Gasteiger partial charge is 0.0912 e. The van der Waals surface area contributed by atoms with E-state index in [9.17, 15) is 0 Å². The van der Waals surface area contributed by atoms with Gasteiger partial charge in [0.1, 0.15) is 0 Å². The summed E-state index contributed by atoms with van der Waals surface area (Å²) in [4.78, 5) is 10.5. The van der Waals surface area contributed by atoms with Gasteiger partial charge in [-0.15, -0.1) is 0 Å². The molecule has 0 aliphatic heterocycles. The molecule has 0 unspecified atom stereocenters. The molecule has 0 amide bonds. The summed E-state index contributed by atoms with van der Waals surface area (Å²) in [6, 6.07) is 41.6. The van der Waals surface area contributed by atoms with Crippen molar-refractivity contribution in [3.8, 4) is 0 Å². The Morgan fingerprint density at radius 1 is 0.438 bits per heavy atom. The summed E-state index contributed by atoms with van der Waals surface area (Å²) in [6.45, 7) is 4.28. The Hall–Kier alpha value is -3.78. The van der Waals surface area contributed by atoms with Crippen LogP contribution in [0.4, 0.5) is 0 Å². The molecule has 4 aromatic carbocycles. The summed E-state index contributed by atoms with van der Waals surface area (Å²) in [6.07, 6.45) is 0. The molecule has 0 spiro atoms. The van der Waals surface area contributed by atoms with E-state index < -0.39 is 0 Å². The van der Waals surface area contributed by atoms with E-state index in [1.165, 1.54) is 11.1 Å². The molecule has 0 aliphatic carbocycles. The molecule has 0 N–H and O–H groups in total. The second kappa shape index (κ2) is 10.5. The maximum Gasteiger partial charge on any atom is 0.0912 e. The molecule has 32 heavy (non-hydrogen) atoms. The Balaban J connectivity index is 1.87. The van der Waals surface area contributed by atoms with Gasteiger partial charge in [0.25, 0.3) is 0 Å². The Kier molecular flexibility index (Phi) is 7.04. The summed E-state index contributed by atoms with van der Waals surface area (Å²) in [5.41, 5.74) is 6.33. The van der Waals surface area contributed by atoms with Crippen molar-refractivity contribution in [1.82, 2.24) is 0 Å². The Morgan fingerprint density at radius 3 is 1.03 bits per heavy atom. The van der Waals surface area contributed by atoms with E-state index in [1.54, 1.807) is 0 Å². The summed E-state index contributed by atoms with van der Waals surface area (Å²) in [5, 5.41) is 0. The summed E-state index contributed by atoms with van der Waals surface area (Å²) in [7, 11) is 0. The molecule has 0 radical (unpaired) electrons. The molecule has 158 valence electrons. The fourth-order valence-corrected chi connectivity index (χ4v) is 3.74. The lowest BCUT2D eigenvalue weighted by Gasteiger charge is -2.17. The first-order valence-corrected chi connectivity index (χ1v) is 11.1. The lowest BCUT2D eigenvalue weighted by atomic mass is 9.97. The zero-order chi connectivity index (χ0) is 22.2. The molecule has 0 fully saturated rings. The van der Waals surface area contributed by atoms with Crippen LogP contribution >= 0.6 is 0 Å². The maximum absolute atomic E-state index is 5.23. The number of benzene rings is 4. The third-order valence-electron chi connectivity index (χ3n) is 5.53. The molecule has 2 nitrogen and oxygen atoms in total. The van der Waals surface area contributed by atoms with Gasteiger partial charge in [-0.2, -0.15) is 0 Å². The molecule has 0 heterocycles. The van der Waals surface area contributed by atoms with E-state index in [1.807, 2.05) is 24.3 Å². The first-order chi connectivity index (χ1) is 15.7. The predicted octanol–water partition coefficient (Wildman–Crippen LogP) is 7.49. The monoisotopic (exact) mass is 416 g/mol. The summed E-state index contributed by atoms with van der Waals surface area (Å²) in [5.74, 6) is 0. The first kappa shape index (κ1) is 21.5. The number of rotatable bonds is 7. The molecule has 4 rings (SSSR count). The van der Waals surface area contributed by atoms with Gasteiger partial charge in [-0.1, -0.05) is 121 Å². The fourth-order valence-electron chi connectivity index (χ4n) is 3.74. The number of hydrogen-bond donors (Lipinski definition) is 0. The third-order valence-corrected chi connectivity index (χ3v) is 5.53. The largest absolute Gasteiger partial charge is 0.275 e. The van der Waals surface area contributed by atoms with Gasteiger partial charge in [-0.3, -0.25) is 9.98 Å². The van der Waals surface area contributed by atoms with Gasteiger partial charge in [0, 0.05) is 11.1 Å². The molecular weight excluding hydrogens is 388 g/mol. The molecule has 2 atom stereocenters. The Labute approximate surface area is 191 Å². The van der Waals surface area contributed by atoms with Crippen LogP contribution in [0.1, 0.15) is 48.2 Å². The number of nitrogens with zero attached hydrogens (tertiary/aromatic N) is 2. The minimum Gasteiger partial charge on any atom is -0.275 e. The quantitative estimate of drug-likeness (QED) is 0.279. The van der Waals surface area contributed by atoms with E-state index in [-0.39, 0.29) is 12.1 Å². The Morgan fingerprint density at radius 2 is 0.719 bits per heavy atom. The molecule has 0 aliphatic rings.